The summed E-state index contributed by atoms with van der Waals surface area (Å²) in [5.74, 6) is -3.77. The highest BCUT2D eigenvalue weighted by Crippen LogP contribution is 2.52. The molecular weight excluding hydrogens is 516 g/mol. The molecule has 0 bridgehead atoms. The van der Waals surface area contributed by atoms with E-state index in [9.17, 15) is 39.9 Å². The second kappa shape index (κ2) is 9.66. The van der Waals surface area contributed by atoms with Crippen LogP contribution in [0.15, 0.2) is 18.2 Å². The normalized spacial score (nSPS) is 29.8. The molecule has 7 N–H and O–H groups in total. The Hall–Kier alpha value is -3.39. The first kappa shape index (κ1) is 27.2. The molecule has 2 aromatic carbocycles. The third-order valence-corrected chi connectivity index (χ3v) is 7.81. The molecule has 0 unspecified atom stereocenters. The number of hydrogen-bond acceptors (Lipinski definition) is 12. The fourth-order valence-corrected chi connectivity index (χ4v) is 5.75. The summed E-state index contributed by atoms with van der Waals surface area (Å²) in [4.78, 5) is 39.7. The smallest absolute Gasteiger partial charge is 0.202 e. The van der Waals surface area contributed by atoms with Crippen molar-refractivity contribution in [3.8, 4) is 17.2 Å². The van der Waals surface area contributed by atoms with Crippen LogP contribution >= 0.6 is 0 Å². The number of Topliss-reactive ketones (excluding diaryl/α,β-unsaturated/α-hetero) is 1. The van der Waals surface area contributed by atoms with Gasteiger partial charge in [0, 0.05) is 42.0 Å². The molecule has 6 atom stereocenters. The fourth-order valence-electron chi connectivity index (χ4n) is 5.75. The predicted molar refractivity (Wildman–Crippen MR) is 132 cm³/mol. The largest absolute Gasteiger partial charge is 0.507 e. The molecule has 5 rings (SSSR count). The van der Waals surface area contributed by atoms with Gasteiger partial charge in [0.05, 0.1) is 42.1 Å². The molecule has 208 valence electrons. The van der Waals surface area contributed by atoms with Crippen molar-refractivity contribution < 1.29 is 54.1 Å². The van der Waals surface area contributed by atoms with E-state index in [4.69, 9.17) is 19.9 Å². The number of aromatic hydroxyl groups is 2. The van der Waals surface area contributed by atoms with E-state index >= 15 is 0 Å². The summed E-state index contributed by atoms with van der Waals surface area (Å²) in [6.07, 6.45) is -5.12. The Morgan fingerprint density at radius 2 is 1.87 bits per heavy atom. The summed E-state index contributed by atoms with van der Waals surface area (Å²) in [5.41, 5.74) is 2.37. The molecule has 3 aliphatic rings. The van der Waals surface area contributed by atoms with Crippen molar-refractivity contribution in [2.24, 2.45) is 5.73 Å². The summed E-state index contributed by atoms with van der Waals surface area (Å²) in [6.45, 7) is 0.560. The van der Waals surface area contributed by atoms with Gasteiger partial charge >= 0.3 is 0 Å². The zero-order chi connectivity index (χ0) is 28.4. The number of ether oxygens (including phenoxy) is 3. The van der Waals surface area contributed by atoms with Gasteiger partial charge in [-0.15, -0.1) is 0 Å². The highest BCUT2D eigenvalue weighted by molar-refractivity contribution is 6.31. The van der Waals surface area contributed by atoms with Crippen molar-refractivity contribution in [3.63, 3.8) is 0 Å². The minimum absolute atomic E-state index is 0.0173. The molecule has 2 aromatic rings. The van der Waals surface area contributed by atoms with Crippen molar-refractivity contribution in [1.82, 2.24) is 0 Å². The minimum Gasteiger partial charge on any atom is -0.507 e. The Morgan fingerprint density at radius 1 is 1.18 bits per heavy atom. The molecule has 12 heteroatoms. The second-order valence-corrected chi connectivity index (χ2v) is 10.2. The van der Waals surface area contributed by atoms with E-state index in [1.165, 1.54) is 25.3 Å². The lowest BCUT2D eigenvalue weighted by atomic mass is 9.72. The number of benzene rings is 2. The number of aliphatic hydroxyl groups excluding tert-OH is 2. The van der Waals surface area contributed by atoms with Gasteiger partial charge in [-0.25, -0.2) is 0 Å². The Morgan fingerprint density at radius 3 is 2.51 bits per heavy atom. The van der Waals surface area contributed by atoms with E-state index < -0.39 is 95.7 Å². The van der Waals surface area contributed by atoms with Gasteiger partial charge in [0.2, 0.25) is 5.78 Å². The van der Waals surface area contributed by atoms with Crippen molar-refractivity contribution >= 4 is 17.3 Å². The van der Waals surface area contributed by atoms with Gasteiger partial charge in [0.15, 0.2) is 17.9 Å². The predicted octanol–water partition coefficient (Wildman–Crippen LogP) is 0.00130. The molecule has 0 spiro atoms. The Labute approximate surface area is 222 Å². The molecular formula is C27H29NO11. The molecule has 1 saturated heterocycles. The number of phenolic OH excluding ortho intramolecular Hbond substituents is 2. The number of rotatable bonds is 5. The molecule has 39 heavy (non-hydrogen) atoms. The summed E-state index contributed by atoms with van der Waals surface area (Å²) < 4.78 is 17.0. The number of aliphatic hydroxyl groups is 3. The molecule has 0 aromatic heterocycles. The van der Waals surface area contributed by atoms with Crippen molar-refractivity contribution in [3.05, 3.63) is 51.6 Å². The van der Waals surface area contributed by atoms with E-state index in [1.54, 1.807) is 6.92 Å². The molecule has 12 nitrogen and oxygen atoms in total. The number of carbonyl (C=O) groups is 3. The Bertz CT molecular complexity index is 1380. The average molecular weight is 546 g/mol. The summed E-state index contributed by atoms with van der Waals surface area (Å²) >= 11 is 0. The molecule has 1 fully saturated rings. The van der Waals surface area contributed by atoms with Crippen molar-refractivity contribution in [2.45, 2.75) is 62.4 Å². The maximum absolute atomic E-state index is 13.6. The topological polar surface area (TPSA) is 206 Å². The lowest BCUT2D eigenvalue weighted by Crippen LogP contribution is -2.53. The van der Waals surface area contributed by atoms with Crippen molar-refractivity contribution in [1.29, 1.82) is 0 Å². The molecule has 0 saturated carbocycles. The molecule has 0 radical (unpaired) electrons. The second-order valence-electron chi connectivity index (χ2n) is 10.2. The highest BCUT2D eigenvalue weighted by atomic mass is 16.7. The average Bonchev–Trinajstić information content (AvgIpc) is 2.90. The lowest BCUT2D eigenvalue weighted by molar-refractivity contribution is -0.247. The van der Waals surface area contributed by atoms with Gasteiger partial charge in [-0.2, -0.15) is 0 Å². The summed E-state index contributed by atoms with van der Waals surface area (Å²) in [5, 5.41) is 53.7. The first-order valence-electron chi connectivity index (χ1n) is 12.4. The zero-order valence-electron chi connectivity index (χ0n) is 21.2. The minimum atomic E-state index is -2.24. The van der Waals surface area contributed by atoms with Crippen LogP contribution in [-0.2, 0) is 20.7 Å². The lowest BCUT2D eigenvalue weighted by Gasteiger charge is -2.42. The summed E-state index contributed by atoms with van der Waals surface area (Å²) in [6, 6.07) is 3.64. The van der Waals surface area contributed by atoms with Crippen LogP contribution in [-0.4, -0.2) is 86.7 Å². The van der Waals surface area contributed by atoms with E-state index in [0.29, 0.717) is 0 Å². The number of hydrogen-bond donors (Lipinski definition) is 6. The van der Waals surface area contributed by atoms with Gasteiger partial charge in [0.25, 0.3) is 0 Å². The molecule has 1 heterocycles. The van der Waals surface area contributed by atoms with E-state index in [0.717, 1.165) is 0 Å². The summed E-state index contributed by atoms with van der Waals surface area (Å²) in [7, 11) is 1.32. The van der Waals surface area contributed by atoms with Crippen molar-refractivity contribution in [2.75, 3.05) is 13.7 Å². The molecule has 1 aliphatic heterocycles. The highest BCUT2D eigenvalue weighted by Gasteiger charge is 2.50. The maximum Gasteiger partial charge on any atom is 0.202 e. The Kier molecular flexibility index (Phi) is 6.74. The van der Waals surface area contributed by atoms with E-state index in [-0.39, 0.29) is 34.4 Å². The van der Waals surface area contributed by atoms with Gasteiger partial charge in [0.1, 0.15) is 29.5 Å². The van der Waals surface area contributed by atoms with Crippen LogP contribution in [0.25, 0.3) is 0 Å². The fraction of sp³-hybridized carbons (Fsp3) is 0.444. The van der Waals surface area contributed by atoms with Crippen LogP contribution in [0.5, 0.6) is 17.2 Å². The molecule has 0 amide bonds. The first-order valence-corrected chi connectivity index (χ1v) is 12.4. The standard InChI is InChI=1S/C27H29NO11/c1-10-22(31)13(28)6-17(38-10)39-15-8-27(36,16(30)9-29)7-12-19(15)26(35)21-20(24(12)33)23(32)11-4-3-5-14(37-2)18(11)25(21)34/h3-5,10,13,15,17,22,29,31,33,35-36H,6-9,28H2,1-2H3/t10-,13-,15-,17-,22+,27-/m0/s1/i2+2. The third-order valence-electron chi connectivity index (χ3n) is 7.81. The van der Waals surface area contributed by atoms with Gasteiger partial charge in [-0.1, -0.05) is 12.1 Å². The number of ketones is 3. The van der Waals surface area contributed by atoms with Crippen LogP contribution in [0.4, 0.5) is 0 Å². The Balaban J connectivity index is 1.69. The van der Waals surface area contributed by atoms with E-state index in [2.05, 4.69) is 0 Å². The maximum atomic E-state index is 13.6. The van der Waals surface area contributed by atoms with Crippen LogP contribution < -0.4 is 10.5 Å². The molecule has 2 aliphatic carbocycles. The van der Waals surface area contributed by atoms with Crippen LogP contribution in [0.3, 0.4) is 0 Å². The number of fused-ring (bicyclic) bond motifs is 3. The van der Waals surface area contributed by atoms with Gasteiger partial charge in [-0.05, 0) is 13.0 Å². The zero-order valence-corrected chi connectivity index (χ0v) is 21.2. The van der Waals surface area contributed by atoms with Crippen LogP contribution in [0.1, 0.15) is 68.8 Å². The number of nitrogens with two attached hydrogens (primary N) is 1. The first-order chi connectivity index (χ1) is 18.4. The van der Waals surface area contributed by atoms with Crippen LogP contribution in [0, 0.1) is 0 Å². The van der Waals surface area contributed by atoms with Crippen LogP contribution in [0.2, 0.25) is 0 Å². The number of methoxy groups -OCH3 is 1. The number of carbonyl (C=O) groups excluding carboxylic acids is 3. The quantitative estimate of drug-likeness (QED) is 0.234. The van der Waals surface area contributed by atoms with Gasteiger partial charge in [-0.3, -0.25) is 14.4 Å². The number of phenols is 2. The van der Waals surface area contributed by atoms with E-state index in [1.807, 2.05) is 0 Å². The monoisotopic (exact) mass is 545 g/mol. The third kappa shape index (κ3) is 4.11. The SMILES string of the molecule is C[C@@H]1O[C@@H](O[C@H]2C[C@](O)(C(=O)CO)Cc3c(O)c4c(c(O)c32)C(=O)c2c(O[14CH3])cccc2C4=O)C[C@H](N)[C@@H]1O. The van der Waals surface area contributed by atoms with Gasteiger partial charge < -0.3 is 45.5 Å².